The molecule has 0 aromatic heterocycles. The summed E-state index contributed by atoms with van der Waals surface area (Å²) in [7, 11) is 0. The predicted octanol–water partition coefficient (Wildman–Crippen LogP) is 3.45. The minimum absolute atomic E-state index is 0.192. The molecule has 18 heavy (non-hydrogen) atoms. The second-order valence-corrected chi connectivity index (χ2v) is 5.95. The van der Waals surface area contributed by atoms with Gasteiger partial charge in [0.2, 0.25) is 0 Å². The van der Waals surface area contributed by atoms with Crippen molar-refractivity contribution in [2.75, 3.05) is 0 Å². The van der Waals surface area contributed by atoms with Crippen LogP contribution in [-0.4, -0.2) is 11.1 Å². The van der Waals surface area contributed by atoms with E-state index in [-0.39, 0.29) is 5.41 Å². The van der Waals surface area contributed by atoms with E-state index in [9.17, 15) is 4.79 Å². The standard InChI is InChI=1S/C16H20O2/c1-11-4-2-5-12-6-7-13(10-14(17)18)16(15(11)12)8-3-9-16/h2,4-5,13H,3,6-10H2,1H3,(H,17,18). The molecule has 1 aromatic carbocycles. The van der Waals surface area contributed by atoms with Gasteiger partial charge in [-0.15, -0.1) is 0 Å². The Kier molecular flexibility index (Phi) is 2.69. The second-order valence-electron chi connectivity index (χ2n) is 5.95. The number of carbonyl (C=O) groups is 1. The zero-order valence-corrected chi connectivity index (χ0v) is 10.9. The van der Waals surface area contributed by atoms with Crippen LogP contribution in [-0.2, 0) is 16.6 Å². The first-order chi connectivity index (χ1) is 8.63. The third-order valence-corrected chi connectivity index (χ3v) is 5.07. The van der Waals surface area contributed by atoms with Crippen LogP contribution in [0.2, 0.25) is 0 Å². The lowest BCUT2D eigenvalue weighted by molar-refractivity contribution is -0.139. The van der Waals surface area contributed by atoms with Crippen LogP contribution in [0.25, 0.3) is 0 Å². The van der Waals surface area contributed by atoms with E-state index in [0.717, 1.165) is 12.8 Å². The summed E-state index contributed by atoms with van der Waals surface area (Å²) in [6, 6.07) is 6.56. The number of aliphatic carboxylic acids is 1. The maximum absolute atomic E-state index is 11.1. The Hall–Kier alpha value is -1.31. The Morgan fingerprint density at radius 3 is 2.83 bits per heavy atom. The van der Waals surface area contributed by atoms with Crippen LogP contribution in [0.4, 0.5) is 0 Å². The fraction of sp³-hybridized carbons (Fsp3) is 0.562. The van der Waals surface area contributed by atoms with E-state index in [2.05, 4.69) is 25.1 Å². The second kappa shape index (κ2) is 4.11. The molecule has 96 valence electrons. The summed E-state index contributed by atoms with van der Waals surface area (Å²) in [6.45, 7) is 2.18. The predicted molar refractivity (Wildman–Crippen MR) is 70.8 cm³/mol. The molecule has 2 aliphatic carbocycles. The highest BCUT2D eigenvalue weighted by atomic mass is 16.4. The van der Waals surface area contributed by atoms with Gasteiger partial charge in [-0.25, -0.2) is 0 Å². The van der Waals surface area contributed by atoms with Crippen molar-refractivity contribution in [1.29, 1.82) is 0 Å². The van der Waals surface area contributed by atoms with E-state index >= 15 is 0 Å². The number of hydrogen-bond acceptors (Lipinski definition) is 1. The zero-order valence-electron chi connectivity index (χ0n) is 10.9. The Morgan fingerprint density at radius 1 is 1.44 bits per heavy atom. The molecule has 1 spiro atoms. The molecule has 0 radical (unpaired) electrons. The van der Waals surface area contributed by atoms with E-state index in [1.807, 2.05) is 0 Å². The Labute approximate surface area is 108 Å². The van der Waals surface area contributed by atoms with Crippen LogP contribution in [0.15, 0.2) is 18.2 Å². The van der Waals surface area contributed by atoms with Gasteiger partial charge in [0.25, 0.3) is 0 Å². The molecule has 0 heterocycles. The van der Waals surface area contributed by atoms with Gasteiger partial charge in [0.05, 0.1) is 0 Å². The van der Waals surface area contributed by atoms with Crippen LogP contribution < -0.4 is 0 Å². The summed E-state index contributed by atoms with van der Waals surface area (Å²) in [5.41, 5.74) is 4.52. The fourth-order valence-electron chi connectivity index (χ4n) is 4.18. The molecule has 2 aliphatic rings. The Bertz CT molecular complexity index is 486. The van der Waals surface area contributed by atoms with Crippen molar-refractivity contribution in [2.24, 2.45) is 5.92 Å². The lowest BCUT2D eigenvalue weighted by Gasteiger charge is -2.52. The topological polar surface area (TPSA) is 37.3 Å². The van der Waals surface area contributed by atoms with Gasteiger partial charge in [-0.2, -0.15) is 0 Å². The van der Waals surface area contributed by atoms with E-state index in [1.54, 1.807) is 0 Å². The van der Waals surface area contributed by atoms with Gasteiger partial charge in [0.1, 0.15) is 0 Å². The van der Waals surface area contributed by atoms with Gasteiger partial charge in [0.15, 0.2) is 0 Å². The highest BCUT2D eigenvalue weighted by Gasteiger charge is 2.49. The summed E-state index contributed by atoms with van der Waals surface area (Å²) < 4.78 is 0. The number of fused-ring (bicyclic) bond motifs is 2. The van der Waals surface area contributed by atoms with E-state index in [0.29, 0.717) is 12.3 Å². The molecule has 0 saturated heterocycles. The average Bonchev–Trinajstić information content (AvgIpc) is 2.26. The summed E-state index contributed by atoms with van der Waals surface area (Å²) in [6.07, 6.45) is 6.06. The summed E-state index contributed by atoms with van der Waals surface area (Å²) in [4.78, 5) is 11.1. The van der Waals surface area contributed by atoms with Gasteiger partial charge < -0.3 is 5.11 Å². The van der Waals surface area contributed by atoms with Crippen molar-refractivity contribution in [1.82, 2.24) is 0 Å². The third-order valence-electron chi connectivity index (χ3n) is 5.07. The van der Waals surface area contributed by atoms with Crippen molar-refractivity contribution >= 4 is 5.97 Å². The maximum atomic E-state index is 11.1. The summed E-state index contributed by atoms with van der Waals surface area (Å²) >= 11 is 0. The van der Waals surface area contributed by atoms with Gasteiger partial charge in [-0.3, -0.25) is 4.79 Å². The number of aryl methyl sites for hydroxylation is 2. The van der Waals surface area contributed by atoms with Crippen molar-refractivity contribution < 1.29 is 9.90 Å². The molecule has 1 unspecified atom stereocenters. The molecule has 0 amide bonds. The molecule has 2 nitrogen and oxygen atoms in total. The van der Waals surface area contributed by atoms with Crippen LogP contribution in [0.5, 0.6) is 0 Å². The van der Waals surface area contributed by atoms with Gasteiger partial charge in [-0.1, -0.05) is 24.6 Å². The number of hydrogen-bond donors (Lipinski definition) is 1. The molecule has 3 rings (SSSR count). The van der Waals surface area contributed by atoms with Gasteiger partial charge in [-0.05, 0) is 60.6 Å². The lowest BCUT2D eigenvalue weighted by atomic mass is 9.52. The van der Waals surface area contributed by atoms with Crippen LogP contribution in [0, 0.1) is 12.8 Å². The molecule has 1 N–H and O–H groups in total. The molecule has 1 saturated carbocycles. The quantitative estimate of drug-likeness (QED) is 0.865. The number of benzene rings is 1. The van der Waals surface area contributed by atoms with Crippen molar-refractivity contribution in [3.8, 4) is 0 Å². The van der Waals surface area contributed by atoms with Crippen molar-refractivity contribution in [3.05, 3.63) is 34.9 Å². The molecule has 0 bridgehead atoms. The van der Waals surface area contributed by atoms with Crippen LogP contribution >= 0.6 is 0 Å². The van der Waals surface area contributed by atoms with Crippen LogP contribution in [0.1, 0.15) is 48.8 Å². The highest BCUT2D eigenvalue weighted by molar-refractivity contribution is 5.67. The minimum atomic E-state index is -0.636. The minimum Gasteiger partial charge on any atom is -0.481 e. The monoisotopic (exact) mass is 244 g/mol. The lowest BCUT2D eigenvalue weighted by Crippen LogP contribution is -2.46. The molecule has 1 atom stereocenters. The highest BCUT2D eigenvalue weighted by Crippen LogP contribution is 2.56. The molecule has 0 aliphatic heterocycles. The van der Waals surface area contributed by atoms with E-state index in [1.165, 1.54) is 36.0 Å². The molecule has 1 aromatic rings. The Balaban J connectivity index is 2.05. The smallest absolute Gasteiger partial charge is 0.303 e. The summed E-state index contributed by atoms with van der Waals surface area (Å²) in [5.74, 6) is -0.291. The van der Waals surface area contributed by atoms with E-state index in [4.69, 9.17) is 5.11 Å². The normalized spacial score (nSPS) is 24.4. The Morgan fingerprint density at radius 2 is 2.22 bits per heavy atom. The van der Waals surface area contributed by atoms with Crippen LogP contribution in [0.3, 0.4) is 0 Å². The van der Waals surface area contributed by atoms with Crippen molar-refractivity contribution in [3.63, 3.8) is 0 Å². The van der Waals surface area contributed by atoms with E-state index < -0.39 is 5.97 Å². The molecular weight excluding hydrogens is 224 g/mol. The first-order valence-electron chi connectivity index (χ1n) is 6.94. The average molecular weight is 244 g/mol. The van der Waals surface area contributed by atoms with Gasteiger partial charge >= 0.3 is 5.97 Å². The number of rotatable bonds is 2. The molecular formula is C16H20O2. The summed E-state index contributed by atoms with van der Waals surface area (Å²) in [5, 5.41) is 9.13. The third kappa shape index (κ3) is 1.58. The van der Waals surface area contributed by atoms with Gasteiger partial charge in [0, 0.05) is 6.42 Å². The molecule has 1 fully saturated rings. The maximum Gasteiger partial charge on any atom is 0.303 e. The first-order valence-corrected chi connectivity index (χ1v) is 6.94. The first kappa shape index (κ1) is 11.8. The zero-order chi connectivity index (χ0) is 12.8. The number of carboxylic acid groups (broad SMARTS) is 1. The fourth-order valence-corrected chi connectivity index (χ4v) is 4.18. The SMILES string of the molecule is Cc1cccc2c1C1(CCC1)C(CC(=O)O)CC2. The number of carboxylic acids is 1. The largest absolute Gasteiger partial charge is 0.481 e. The van der Waals surface area contributed by atoms with Crippen molar-refractivity contribution in [2.45, 2.75) is 50.9 Å². The molecule has 2 heteroatoms.